The smallest absolute Gasteiger partial charge is 0.126 e. The maximum Gasteiger partial charge on any atom is 0.126 e. The molecule has 0 aromatic heterocycles. The van der Waals surface area contributed by atoms with E-state index in [4.69, 9.17) is 0 Å². The number of anilines is 1. The molecule has 0 amide bonds. The number of nitrogens with one attached hydrogen (secondary N) is 1. The quantitative estimate of drug-likeness (QED) is 0.819. The molecule has 1 N–H and O–H groups in total. The Bertz CT molecular complexity index is 525. The summed E-state index contributed by atoms with van der Waals surface area (Å²) in [4.78, 5) is 0. The summed E-state index contributed by atoms with van der Waals surface area (Å²) in [6, 6.07) is 13.4. The molecule has 0 aliphatic heterocycles. The lowest BCUT2D eigenvalue weighted by Gasteiger charge is -2.07. The van der Waals surface area contributed by atoms with E-state index in [2.05, 4.69) is 34.0 Å². The van der Waals surface area contributed by atoms with Gasteiger partial charge in [-0.15, -0.1) is 0 Å². The predicted molar refractivity (Wildman–Crippen MR) is 77.6 cm³/mol. The van der Waals surface area contributed by atoms with Gasteiger partial charge in [0.2, 0.25) is 0 Å². The summed E-state index contributed by atoms with van der Waals surface area (Å²) in [7, 11) is 0. The van der Waals surface area contributed by atoms with Gasteiger partial charge in [-0.1, -0.05) is 18.2 Å². The molecular weight excluding hydrogens is 328 g/mol. The van der Waals surface area contributed by atoms with E-state index in [-0.39, 0.29) is 5.82 Å². The summed E-state index contributed by atoms with van der Waals surface area (Å²) in [5.41, 5.74) is 2.69. The third-order valence-corrected chi connectivity index (χ3v) is 3.23. The first-order chi connectivity index (χ1) is 8.15. The van der Waals surface area contributed by atoms with Crippen LogP contribution in [0.4, 0.5) is 10.1 Å². The fourth-order valence-corrected chi connectivity index (χ4v) is 2.09. The average molecular weight is 341 g/mol. The molecule has 0 unspecified atom stereocenters. The Labute approximate surface area is 114 Å². The molecule has 0 saturated carbocycles. The third kappa shape index (κ3) is 3.43. The van der Waals surface area contributed by atoms with E-state index in [0.29, 0.717) is 12.1 Å². The van der Waals surface area contributed by atoms with E-state index in [0.717, 1.165) is 11.3 Å². The zero-order chi connectivity index (χ0) is 12.3. The first kappa shape index (κ1) is 12.4. The predicted octanol–water partition coefficient (Wildman–Crippen LogP) is 4.35. The standard InChI is InChI=1S/C14H13FIN/c1-10-5-6-11(7-14(10)15)9-17-13-4-2-3-12(16)8-13/h2-8,17H,9H2,1H3. The molecule has 0 bridgehead atoms. The number of benzene rings is 2. The van der Waals surface area contributed by atoms with Gasteiger partial charge in [-0.05, 0) is 64.9 Å². The van der Waals surface area contributed by atoms with Crippen molar-refractivity contribution in [3.05, 3.63) is 63.0 Å². The van der Waals surface area contributed by atoms with E-state index in [1.165, 1.54) is 3.57 Å². The van der Waals surface area contributed by atoms with Crippen LogP contribution >= 0.6 is 22.6 Å². The van der Waals surface area contributed by atoms with Crippen LogP contribution in [0.1, 0.15) is 11.1 Å². The lowest BCUT2D eigenvalue weighted by atomic mass is 10.1. The highest BCUT2D eigenvalue weighted by Crippen LogP contribution is 2.15. The van der Waals surface area contributed by atoms with Crippen LogP contribution in [0.5, 0.6) is 0 Å². The van der Waals surface area contributed by atoms with E-state index in [9.17, 15) is 4.39 Å². The minimum atomic E-state index is -0.146. The molecule has 0 heterocycles. The second-order valence-corrected chi connectivity index (χ2v) is 5.19. The lowest BCUT2D eigenvalue weighted by Crippen LogP contribution is -2.00. The van der Waals surface area contributed by atoms with Crippen molar-refractivity contribution >= 4 is 28.3 Å². The Morgan fingerprint density at radius 3 is 2.71 bits per heavy atom. The van der Waals surface area contributed by atoms with Gasteiger partial charge in [-0.25, -0.2) is 4.39 Å². The van der Waals surface area contributed by atoms with Gasteiger partial charge in [0.1, 0.15) is 5.82 Å². The first-order valence-corrected chi connectivity index (χ1v) is 6.47. The fourth-order valence-electron chi connectivity index (χ4n) is 1.55. The van der Waals surface area contributed by atoms with Gasteiger partial charge in [-0.2, -0.15) is 0 Å². The molecule has 0 aliphatic carbocycles. The fraction of sp³-hybridized carbons (Fsp3) is 0.143. The minimum Gasteiger partial charge on any atom is -0.381 e. The van der Waals surface area contributed by atoms with Crippen molar-refractivity contribution < 1.29 is 4.39 Å². The van der Waals surface area contributed by atoms with Crippen molar-refractivity contribution in [3.8, 4) is 0 Å². The Kier molecular flexibility index (Phi) is 3.99. The number of aryl methyl sites for hydroxylation is 1. The van der Waals surface area contributed by atoms with E-state index in [1.54, 1.807) is 19.1 Å². The molecule has 0 aliphatic rings. The van der Waals surface area contributed by atoms with Crippen LogP contribution in [-0.2, 0) is 6.54 Å². The summed E-state index contributed by atoms with van der Waals surface area (Å²) in [5, 5.41) is 3.28. The van der Waals surface area contributed by atoms with Crippen LogP contribution in [0.15, 0.2) is 42.5 Å². The number of halogens is 2. The second kappa shape index (κ2) is 5.49. The van der Waals surface area contributed by atoms with E-state index >= 15 is 0 Å². The minimum absolute atomic E-state index is 0.146. The molecular formula is C14H13FIN. The maximum absolute atomic E-state index is 13.3. The Hall–Kier alpha value is -1.10. The van der Waals surface area contributed by atoms with E-state index in [1.807, 2.05) is 24.3 Å². The van der Waals surface area contributed by atoms with Gasteiger partial charge in [0, 0.05) is 15.8 Å². The molecule has 1 nitrogen and oxygen atoms in total. The lowest BCUT2D eigenvalue weighted by molar-refractivity contribution is 0.616. The van der Waals surface area contributed by atoms with Gasteiger partial charge >= 0.3 is 0 Å². The third-order valence-electron chi connectivity index (χ3n) is 2.56. The van der Waals surface area contributed by atoms with Crippen LogP contribution < -0.4 is 5.32 Å². The molecule has 2 aromatic carbocycles. The number of hydrogen-bond donors (Lipinski definition) is 1. The SMILES string of the molecule is Cc1ccc(CNc2cccc(I)c2)cc1F. The summed E-state index contributed by atoms with van der Waals surface area (Å²) >= 11 is 2.27. The second-order valence-electron chi connectivity index (χ2n) is 3.95. The Morgan fingerprint density at radius 2 is 2.00 bits per heavy atom. The maximum atomic E-state index is 13.3. The monoisotopic (exact) mass is 341 g/mol. The van der Waals surface area contributed by atoms with Crippen LogP contribution in [0.3, 0.4) is 0 Å². The summed E-state index contributed by atoms with van der Waals surface area (Å²) in [6.07, 6.45) is 0. The van der Waals surface area contributed by atoms with Gasteiger partial charge in [-0.3, -0.25) is 0 Å². The highest BCUT2D eigenvalue weighted by atomic mass is 127. The molecule has 0 spiro atoms. The molecule has 2 rings (SSSR count). The van der Waals surface area contributed by atoms with Crippen molar-refractivity contribution in [2.75, 3.05) is 5.32 Å². The number of hydrogen-bond acceptors (Lipinski definition) is 1. The molecule has 17 heavy (non-hydrogen) atoms. The van der Waals surface area contributed by atoms with Gasteiger partial charge in [0.25, 0.3) is 0 Å². The molecule has 2 aromatic rings. The Morgan fingerprint density at radius 1 is 1.18 bits per heavy atom. The van der Waals surface area contributed by atoms with Crippen molar-refractivity contribution in [2.24, 2.45) is 0 Å². The van der Waals surface area contributed by atoms with Crippen molar-refractivity contribution in [1.29, 1.82) is 0 Å². The topological polar surface area (TPSA) is 12.0 Å². The summed E-state index contributed by atoms with van der Waals surface area (Å²) < 4.78 is 14.5. The molecule has 88 valence electrons. The summed E-state index contributed by atoms with van der Waals surface area (Å²) in [6.45, 7) is 2.41. The van der Waals surface area contributed by atoms with Crippen LogP contribution in [0.25, 0.3) is 0 Å². The summed E-state index contributed by atoms with van der Waals surface area (Å²) in [5.74, 6) is -0.146. The highest BCUT2D eigenvalue weighted by Gasteiger charge is 1.99. The van der Waals surface area contributed by atoms with Gasteiger partial charge in [0.15, 0.2) is 0 Å². The first-order valence-electron chi connectivity index (χ1n) is 5.39. The highest BCUT2D eigenvalue weighted by molar-refractivity contribution is 14.1. The van der Waals surface area contributed by atoms with Crippen LogP contribution in [-0.4, -0.2) is 0 Å². The molecule has 0 fully saturated rings. The zero-order valence-electron chi connectivity index (χ0n) is 9.50. The van der Waals surface area contributed by atoms with Crippen LogP contribution in [0.2, 0.25) is 0 Å². The van der Waals surface area contributed by atoms with Gasteiger partial charge in [0.05, 0.1) is 0 Å². The van der Waals surface area contributed by atoms with Crippen molar-refractivity contribution in [1.82, 2.24) is 0 Å². The van der Waals surface area contributed by atoms with E-state index < -0.39 is 0 Å². The van der Waals surface area contributed by atoms with Crippen molar-refractivity contribution in [3.63, 3.8) is 0 Å². The van der Waals surface area contributed by atoms with Crippen molar-refractivity contribution in [2.45, 2.75) is 13.5 Å². The number of rotatable bonds is 3. The largest absolute Gasteiger partial charge is 0.381 e. The zero-order valence-corrected chi connectivity index (χ0v) is 11.7. The van der Waals surface area contributed by atoms with Crippen LogP contribution in [0, 0.1) is 16.3 Å². The molecule has 0 radical (unpaired) electrons. The molecule has 3 heteroatoms. The average Bonchev–Trinajstić information content (AvgIpc) is 2.31. The molecule has 0 atom stereocenters. The Balaban J connectivity index is 2.05. The molecule has 0 saturated heterocycles. The normalized spacial score (nSPS) is 10.3. The van der Waals surface area contributed by atoms with Gasteiger partial charge < -0.3 is 5.32 Å².